The number of nitrogens with zero attached hydrogens (tertiary/aromatic N) is 5. The second kappa shape index (κ2) is 7.36. The van der Waals surface area contributed by atoms with Gasteiger partial charge in [-0.2, -0.15) is 5.10 Å². The first-order chi connectivity index (χ1) is 15.0. The minimum absolute atomic E-state index is 0.616. The van der Waals surface area contributed by atoms with E-state index in [0.717, 1.165) is 50.1 Å². The van der Waals surface area contributed by atoms with Crippen LogP contribution in [0.5, 0.6) is 0 Å². The van der Waals surface area contributed by atoms with Gasteiger partial charge in [0, 0.05) is 42.8 Å². The summed E-state index contributed by atoms with van der Waals surface area (Å²) in [6, 6.07) is 14.5. The second-order valence-electron chi connectivity index (χ2n) is 7.69. The van der Waals surface area contributed by atoms with Crippen LogP contribution >= 0.6 is 0 Å². The molecule has 0 amide bonds. The van der Waals surface area contributed by atoms with Crippen molar-refractivity contribution < 1.29 is 0 Å². The number of fused-ring (bicyclic) bond motifs is 2. The zero-order chi connectivity index (χ0) is 21.5. The van der Waals surface area contributed by atoms with E-state index in [4.69, 9.17) is 5.10 Å². The van der Waals surface area contributed by atoms with Gasteiger partial charge in [-0.25, -0.2) is 15.0 Å². The van der Waals surface area contributed by atoms with Crippen molar-refractivity contribution in [2.24, 2.45) is 7.05 Å². The van der Waals surface area contributed by atoms with Gasteiger partial charge in [-0.15, -0.1) is 0 Å². The first-order valence-electron chi connectivity index (χ1n) is 10.1. The van der Waals surface area contributed by atoms with E-state index in [-0.39, 0.29) is 0 Å². The molecule has 0 fully saturated rings. The standard InChI is InChI=1S/C24H23N7/c1-14-5-10-20(26-12-14)29-23-18-8-6-15(2)21(22(18)31(4)30-23)16-7-9-19-17(11-16)13-27-24(25-3)28-19/h5-13H,1-4H3,(H,25,27,28)(H,26,29,30). The van der Waals surface area contributed by atoms with E-state index in [1.54, 1.807) is 0 Å². The van der Waals surface area contributed by atoms with Crippen LogP contribution in [0.15, 0.2) is 54.9 Å². The number of aromatic nitrogens is 5. The first-order valence-corrected chi connectivity index (χ1v) is 10.1. The minimum Gasteiger partial charge on any atom is -0.357 e. The monoisotopic (exact) mass is 409 g/mol. The number of benzene rings is 2. The Kier molecular flexibility index (Phi) is 4.51. The van der Waals surface area contributed by atoms with E-state index < -0.39 is 0 Å². The molecule has 0 aliphatic rings. The van der Waals surface area contributed by atoms with Crippen molar-refractivity contribution in [2.75, 3.05) is 17.7 Å². The number of aryl methyl sites for hydroxylation is 3. The highest BCUT2D eigenvalue weighted by Crippen LogP contribution is 2.36. The highest BCUT2D eigenvalue weighted by atomic mass is 15.3. The highest BCUT2D eigenvalue weighted by Gasteiger charge is 2.16. The predicted molar refractivity (Wildman–Crippen MR) is 126 cm³/mol. The summed E-state index contributed by atoms with van der Waals surface area (Å²) < 4.78 is 1.93. The van der Waals surface area contributed by atoms with E-state index in [0.29, 0.717) is 5.95 Å². The highest BCUT2D eigenvalue weighted by molar-refractivity contribution is 6.03. The number of hydrogen-bond donors (Lipinski definition) is 2. The van der Waals surface area contributed by atoms with Crippen molar-refractivity contribution in [3.05, 3.63) is 66.0 Å². The molecule has 0 aliphatic heterocycles. The van der Waals surface area contributed by atoms with Crippen LogP contribution < -0.4 is 10.6 Å². The van der Waals surface area contributed by atoms with Crippen LogP contribution in [0.1, 0.15) is 11.1 Å². The molecular weight excluding hydrogens is 386 g/mol. The van der Waals surface area contributed by atoms with Gasteiger partial charge in [0.25, 0.3) is 0 Å². The molecule has 0 radical (unpaired) electrons. The largest absolute Gasteiger partial charge is 0.357 e. The summed E-state index contributed by atoms with van der Waals surface area (Å²) in [5.74, 6) is 2.18. The van der Waals surface area contributed by atoms with Gasteiger partial charge in [-0.05, 0) is 54.8 Å². The Balaban J connectivity index is 1.65. The van der Waals surface area contributed by atoms with Crippen LogP contribution in [0.2, 0.25) is 0 Å². The second-order valence-corrected chi connectivity index (χ2v) is 7.69. The van der Waals surface area contributed by atoms with E-state index >= 15 is 0 Å². The molecule has 0 saturated carbocycles. The SMILES string of the molecule is CNc1ncc2cc(-c3c(C)ccc4c(Nc5ccc(C)cn5)nn(C)c34)ccc2n1. The molecule has 7 nitrogen and oxygen atoms in total. The van der Waals surface area contributed by atoms with Crippen molar-refractivity contribution in [1.82, 2.24) is 24.7 Å². The smallest absolute Gasteiger partial charge is 0.222 e. The summed E-state index contributed by atoms with van der Waals surface area (Å²) in [5, 5.41) is 13.1. The minimum atomic E-state index is 0.616. The molecule has 2 N–H and O–H groups in total. The molecule has 0 atom stereocenters. The fourth-order valence-electron chi connectivity index (χ4n) is 3.90. The van der Waals surface area contributed by atoms with Gasteiger partial charge in [0.05, 0.1) is 11.0 Å². The quantitative estimate of drug-likeness (QED) is 0.436. The third-order valence-electron chi connectivity index (χ3n) is 5.46. The molecule has 0 saturated heterocycles. The fraction of sp³-hybridized carbons (Fsp3) is 0.167. The third kappa shape index (κ3) is 3.34. The van der Waals surface area contributed by atoms with Crippen LogP contribution in [0, 0.1) is 13.8 Å². The van der Waals surface area contributed by atoms with Crippen molar-refractivity contribution in [2.45, 2.75) is 13.8 Å². The number of rotatable bonds is 4. The molecule has 154 valence electrons. The Morgan fingerprint density at radius 1 is 0.935 bits per heavy atom. The van der Waals surface area contributed by atoms with Crippen molar-refractivity contribution in [1.29, 1.82) is 0 Å². The maximum Gasteiger partial charge on any atom is 0.222 e. The average molecular weight is 409 g/mol. The topological polar surface area (TPSA) is 80.5 Å². The van der Waals surface area contributed by atoms with Crippen molar-refractivity contribution in [3.8, 4) is 11.1 Å². The Hall–Kier alpha value is -4.00. The molecule has 0 unspecified atom stereocenters. The zero-order valence-electron chi connectivity index (χ0n) is 17.9. The molecular formula is C24H23N7. The van der Waals surface area contributed by atoms with Crippen LogP contribution in [0.3, 0.4) is 0 Å². The molecule has 7 heteroatoms. The maximum absolute atomic E-state index is 4.75. The van der Waals surface area contributed by atoms with Gasteiger partial charge in [-0.3, -0.25) is 4.68 Å². The molecule has 5 aromatic rings. The van der Waals surface area contributed by atoms with Crippen LogP contribution in [0.4, 0.5) is 17.6 Å². The molecule has 0 aliphatic carbocycles. The normalized spacial score (nSPS) is 11.2. The number of hydrogen-bond acceptors (Lipinski definition) is 6. The van der Waals surface area contributed by atoms with Crippen LogP contribution in [-0.2, 0) is 7.05 Å². The Morgan fingerprint density at radius 2 is 1.81 bits per heavy atom. The van der Waals surface area contributed by atoms with Gasteiger partial charge < -0.3 is 10.6 Å². The fourth-order valence-corrected chi connectivity index (χ4v) is 3.90. The molecule has 2 aromatic carbocycles. The van der Waals surface area contributed by atoms with Gasteiger partial charge >= 0.3 is 0 Å². The predicted octanol–water partition coefficient (Wildman–Crippen LogP) is 4.98. The van der Waals surface area contributed by atoms with E-state index in [2.05, 4.69) is 56.8 Å². The van der Waals surface area contributed by atoms with Crippen molar-refractivity contribution in [3.63, 3.8) is 0 Å². The average Bonchev–Trinajstić information content (AvgIpc) is 3.09. The summed E-state index contributed by atoms with van der Waals surface area (Å²) in [7, 11) is 3.79. The lowest BCUT2D eigenvalue weighted by molar-refractivity contribution is 0.801. The molecule has 0 spiro atoms. The van der Waals surface area contributed by atoms with E-state index in [1.807, 2.05) is 56.3 Å². The van der Waals surface area contributed by atoms with Gasteiger partial charge in [0.15, 0.2) is 5.82 Å². The molecule has 0 bridgehead atoms. The summed E-state index contributed by atoms with van der Waals surface area (Å²) in [4.78, 5) is 13.4. The molecule has 5 rings (SSSR count). The van der Waals surface area contributed by atoms with Crippen LogP contribution in [0.25, 0.3) is 32.9 Å². The number of anilines is 3. The lowest BCUT2D eigenvalue weighted by atomic mass is 9.96. The summed E-state index contributed by atoms with van der Waals surface area (Å²) >= 11 is 0. The van der Waals surface area contributed by atoms with Gasteiger partial charge in [0.1, 0.15) is 5.82 Å². The Bertz CT molecular complexity index is 1420. The van der Waals surface area contributed by atoms with Gasteiger partial charge in [0.2, 0.25) is 5.95 Å². The third-order valence-corrected chi connectivity index (χ3v) is 5.46. The lowest BCUT2D eigenvalue weighted by Crippen LogP contribution is -1.97. The number of pyridine rings is 1. The molecule has 3 heterocycles. The summed E-state index contributed by atoms with van der Waals surface area (Å²) in [6.07, 6.45) is 3.70. The zero-order valence-corrected chi connectivity index (χ0v) is 17.9. The van der Waals surface area contributed by atoms with Crippen LogP contribution in [-0.4, -0.2) is 31.8 Å². The maximum atomic E-state index is 4.75. The van der Waals surface area contributed by atoms with Gasteiger partial charge in [-0.1, -0.05) is 18.2 Å². The number of nitrogens with one attached hydrogen (secondary N) is 2. The first kappa shape index (κ1) is 19.0. The summed E-state index contributed by atoms with van der Waals surface area (Å²) in [6.45, 7) is 4.15. The Labute approximate surface area is 180 Å². The van der Waals surface area contributed by atoms with Crippen molar-refractivity contribution >= 4 is 39.4 Å². The lowest BCUT2D eigenvalue weighted by Gasteiger charge is -2.11. The van der Waals surface area contributed by atoms with E-state index in [9.17, 15) is 0 Å². The summed E-state index contributed by atoms with van der Waals surface area (Å²) in [5.41, 5.74) is 6.54. The molecule has 31 heavy (non-hydrogen) atoms. The Morgan fingerprint density at radius 3 is 2.58 bits per heavy atom. The molecule has 3 aromatic heterocycles. The van der Waals surface area contributed by atoms with E-state index in [1.165, 1.54) is 5.56 Å².